The summed E-state index contributed by atoms with van der Waals surface area (Å²) in [6, 6.07) is 0.419. The molecule has 31 heavy (non-hydrogen) atoms. The van der Waals surface area contributed by atoms with E-state index in [1.54, 1.807) is 6.92 Å². The number of aromatic hydroxyl groups is 1. The Morgan fingerprint density at radius 3 is 2.74 bits per heavy atom. The molecule has 174 valence electrons. The van der Waals surface area contributed by atoms with Gasteiger partial charge in [0.15, 0.2) is 17.2 Å². The fraction of sp³-hybridized carbons (Fsp3) is 0.650. The van der Waals surface area contributed by atoms with Crippen molar-refractivity contribution in [3.63, 3.8) is 0 Å². The van der Waals surface area contributed by atoms with Gasteiger partial charge in [-0.1, -0.05) is 12.8 Å². The highest BCUT2D eigenvalue weighted by molar-refractivity contribution is 5.97. The second kappa shape index (κ2) is 11.2. The van der Waals surface area contributed by atoms with Gasteiger partial charge in [-0.05, 0) is 26.2 Å². The fourth-order valence-corrected chi connectivity index (χ4v) is 3.24. The minimum Gasteiger partial charge on any atom is -0.503 e. The third kappa shape index (κ3) is 7.57. The van der Waals surface area contributed by atoms with Crippen molar-refractivity contribution in [1.82, 2.24) is 10.3 Å². The summed E-state index contributed by atoms with van der Waals surface area (Å²) in [7, 11) is 1.33. The largest absolute Gasteiger partial charge is 0.503 e. The Morgan fingerprint density at radius 2 is 2.06 bits per heavy atom. The molecule has 1 aliphatic heterocycles. The molecule has 2 rings (SSSR count). The number of amides is 1. The molecular formula is C20H27F3N2O6. The number of nitrogens with one attached hydrogen (secondary N) is 1. The summed E-state index contributed by atoms with van der Waals surface area (Å²) in [5.41, 5.74) is -0.286. The summed E-state index contributed by atoms with van der Waals surface area (Å²) >= 11 is 0. The van der Waals surface area contributed by atoms with E-state index in [0.717, 1.165) is 0 Å². The van der Waals surface area contributed by atoms with Crippen molar-refractivity contribution in [2.75, 3.05) is 13.7 Å². The Kier molecular flexibility index (Phi) is 8.90. The summed E-state index contributed by atoms with van der Waals surface area (Å²) in [4.78, 5) is 28.9. The Balaban J connectivity index is 1.97. The molecular weight excluding hydrogens is 421 g/mol. The molecule has 1 saturated heterocycles. The second-order valence-corrected chi connectivity index (χ2v) is 7.29. The van der Waals surface area contributed by atoms with E-state index < -0.39 is 48.5 Å². The van der Waals surface area contributed by atoms with Crippen LogP contribution in [0.4, 0.5) is 13.2 Å². The molecule has 0 spiro atoms. The average molecular weight is 448 g/mol. The summed E-state index contributed by atoms with van der Waals surface area (Å²) in [6.45, 7) is 1.51. The molecule has 1 aromatic rings. The molecule has 1 aromatic heterocycles. The molecule has 11 heteroatoms. The number of methoxy groups -OCH3 is 1. The van der Waals surface area contributed by atoms with Crippen LogP contribution in [0.2, 0.25) is 0 Å². The van der Waals surface area contributed by atoms with E-state index in [1.807, 2.05) is 0 Å². The number of carbonyl (C=O) groups is 2. The molecule has 0 aliphatic carbocycles. The van der Waals surface area contributed by atoms with E-state index in [-0.39, 0.29) is 24.5 Å². The number of esters is 1. The monoisotopic (exact) mass is 448 g/mol. The molecule has 0 saturated carbocycles. The lowest BCUT2D eigenvalue weighted by atomic mass is 10.0. The van der Waals surface area contributed by atoms with Gasteiger partial charge < -0.3 is 24.6 Å². The molecule has 1 amide bonds. The van der Waals surface area contributed by atoms with E-state index in [9.17, 15) is 27.9 Å². The zero-order valence-electron chi connectivity index (χ0n) is 17.4. The van der Waals surface area contributed by atoms with Crippen LogP contribution in [-0.4, -0.2) is 60.1 Å². The summed E-state index contributed by atoms with van der Waals surface area (Å²) in [6.07, 6.45) is -3.28. The standard InChI is InChI=1S/C20H27F3N2O6/c1-12-14(30-11-5-9-20(21,22)23)7-4-3-6-13(19(28)31-12)25-18(27)16-17(26)15(29-2)8-10-24-16/h8,10,12-14,26H,3-7,9,11H2,1-2H3,(H,25,27)/t12-,13-,14+/m0/s1. The minimum atomic E-state index is -4.24. The van der Waals surface area contributed by atoms with E-state index in [0.29, 0.717) is 25.7 Å². The van der Waals surface area contributed by atoms with Gasteiger partial charge in [-0.25, -0.2) is 9.78 Å². The molecule has 0 unspecified atom stereocenters. The summed E-state index contributed by atoms with van der Waals surface area (Å²) < 4.78 is 52.7. The van der Waals surface area contributed by atoms with Gasteiger partial charge >= 0.3 is 12.1 Å². The van der Waals surface area contributed by atoms with Gasteiger partial charge in [0.05, 0.1) is 13.2 Å². The summed E-state index contributed by atoms with van der Waals surface area (Å²) in [5.74, 6) is -1.82. The van der Waals surface area contributed by atoms with Crippen LogP contribution in [0.3, 0.4) is 0 Å². The average Bonchev–Trinajstić information content (AvgIpc) is 2.75. The van der Waals surface area contributed by atoms with Crippen LogP contribution < -0.4 is 10.1 Å². The summed E-state index contributed by atoms with van der Waals surface area (Å²) in [5, 5.41) is 12.6. The van der Waals surface area contributed by atoms with Gasteiger partial charge in [0, 0.05) is 25.3 Å². The molecule has 1 fully saturated rings. The van der Waals surface area contributed by atoms with Crippen LogP contribution in [0.5, 0.6) is 11.5 Å². The number of aromatic nitrogens is 1. The van der Waals surface area contributed by atoms with E-state index in [2.05, 4.69) is 10.3 Å². The van der Waals surface area contributed by atoms with Crippen molar-refractivity contribution < 1.29 is 42.1 Å². The highest BCUT2D eigenvalue weighted by atomic mass is 19.4. The zero-order chi connectivity index (χ0) is 23.0. The van der Waals surface area contributed by atoms with Crippen molar-refractivity contribution in [2.45, 2.75) is 69.9 Å². The number of ether oxygens (including phenoxy) is 3. The molecule has 3 atom stereocenters. The molecule has 0 radical (unpaired) electrons. The Labute approximate surface area is 178 Å². The van der Waals surface area contributed by atoms with Crippen LogP contribution >= 0.6 is 0 Å². The van der Waals surface area contributed by atoms with Gasteiger partial charge in [-0.15, -0.1) is 0 Å². The molecule has 0 bridgehead atoms. The number of nitrogens with zero attached hydrogens (tertiary/aromatic N) is 1. The van der Waals surface area contributed by atoms with Crippen LogP contribution in [0.1, 0.15) is 55.9 Å². The normalized spacial score (nSPS) is 22.6. The lowest BCUT2D eigenvalue weighted by molar-refractivity contribution is -0.159. The first-order chi connectivity index (χ1) is 14.6. The third-order valence-corrected chi connectivity index (χ3v) is 4.91. The Bertz CT molecular complexity index is 759. The highest BCUT2D eigenvalue weighted by Crippen LogP contribution is 2.28. The molecule has 2 heterocycles. The van der Waals surface area contributed by atoms with Crippen molar-refractivity contribution >= 4 is 11.9 Å². The SMILES string of the molecule is COc1ccnc(C(=O)N[C@H]2CCCC[C@@H](OCCCC(F)(F)F)[C@H](C)OC2=O)c1O. The smallest absolute Gasteiger partial charge is 0.389 e. The number of pyridine rings is 1. The molecule has 8 nitrogen and oxygen atoms in total. The number of rotatable bonds is 7. The first kappa shape index (κ1) is 24.7. The van der Waals surface area contributed by atoms with E-state index in [4.69, 9.17) is 14.2 Å². The minimum absolute atomic E-state index is 0.0660. The predicted molar refractivity (Wildman–Crippen MR) is 103 cm³/mol. The Morgan fingerprint density at radius 1 is 1.35 bits per heavy atom. The first-order valence-corrected chi connectivity index (χ1v) is 10.0. The third-order valence-electron chi connectivity index (χ3n) is 4.91. The molecule has 1 aliphatic rings. The van der Waals surface area contributed by atoms with Crippen LogP contribution in [0.15, 0.2) is 12.3 Å². The number of halogens is 3. The fourth-order valence-electron chi connectivity index (χ4n) is 3.24. The lowest BCUT2D eigenvalue weighted by Gasteiger charge is -2.25. The topological polar surface area (TPSA) is 107 Å². The van der Waals surface area contributed by atoms with Crippen molar-refractivity contribution in [3.8, 4) is 11.5 Å². The van der Waals surface area contributed by atoms with Crippen molar-refractivity contribution in [2.24, 2.45) is 0 Å². The van der Waals surface area contributed by atoms with Crippen molar-refractivity contribution in [1.29, 1.82) is 0 Å². The van der Waals surface area contributed by atoms with E-state index >= 15 is 0 Å². The molecule has 2 N–H and O–H groups in total. The maximum absolute atomic E-state index is 12.6. The van der Waals surface area contributed by atoms with Crippen molar-refractivity contribution in [3.05, 3.63) is 18.0 Å². The number of carbonyl (C=O) groups excluding carboxylic acids is 2. The van der Waals surface area contributed by atoms with Crippen LogP contribution in [0, 0.1) is 0 Å². The zero-order valence-corrected chi connectivity index (χ0v) is 17.4. The first-order valence-electron chi connectivity index (χ1n) is 10.0. The van der Waals surface area contributed by atoms with E-state index in [1.165, 1.54) is 19.4 Å². The second-order valence-electron chi connectivity index (χ2n) is 7.29. The van der Waals surface area contributed by atoms with Gasteiger partial charge in [0.2, 0.25) is 0 Å². The number of hydrogen-bond donors (Lipinski definition) is 2. The number of cyclic esters (lactones) is 1. The lowest BCUT2D eigenvalue weighted by Crippen LogP contribution is -2.44. The Hall–Kier alpha value is -2.56. The molecule has 0 aromatic carbocycles. The quantitative estimate of drug-likeness (QED) is 0.488. The van der Waals surface area contributed by atoms with Crippen LogP contribution in [-0.2, 0) is 14.3 Å². The maximum Gasteiger partial charge on any atom is 0.389 e. The number of alkyl halides is 3. The van der Waals surface area contributed by atoms with Gasteiger partial charge in [-0.2, -0.15) is 13.2 Å². The predicted octanol–water partition coefficient (Wildman–Crippen LogP) is 3.13. The van der Waals surface area contributed by atoms with Gasteiger partial charge in [-0.3, -0.25) is 4.79 Å². The van der Waals surface area contributed by atoms with Gasteiger partial charge in [0.25, 0.3) is 5.91 Å². The van der Waals surface area contributed by atoms with Gasteiger partial charge in [0.1, 0.15) is 12.1 Å². The highest BCUT2D eigenvalue weighted by Gasteiger charge is 2.31. The number of hydrogen-bond acceptors (Lipinski definition) is 7. The maximum atomic E-state index is 12.6. The van der Waals surface area contributed by atoms with Crippen LogP contribution in [0.25, 0.3) is 0 Å².